The molecule has 0 aliphatic carbocycles. The molecule has 2 rings (SSSR count). The number of carbonyl (C=O) groups excluding carboxylic acids is 1. The van der Waals surface area contributed by atoms with Crippen molar-refractivity contribution in [3.63, 3.8) is 0 Å². The Balaban J connectivity index is 2.01. The Labute approximate surface area is 135 Å². The van der Waals surface area contributed by atoms with E-state index in [1.807, 2.05) is 6.07 Å². The molecule has 0 unspecified atom stereocenters. The van der Waals surface area contributed by atoms with Crippen molar-refractivity contribution < 1.29 is 13.2 Å². The first-order valence-corrected chi connectivity index (χ1v) is 8.71. The van der Waals surface area contributed by atoms with Gasteiger partial charge in [-0.2, -0.15) is 5.26 Å². The molecule has 0 saturated heterocycles. The predicted molar refractivity (Wildman–Crippen MR) is 87.7 cm³/mol. The van der Waals surface area contributed by atoms with Gasteiger partial charge in [-0.05, 0) is 42.0 Å². The highest BCUT2D eigenvalue weighted by Crippen LogP contribution is 2.14. The lowest BCUT2D eigenvalue weighted by molar-refractivity contribution is -0.115. The van der Waals surface area contributed by atoms with E-state index < -0.39 is 9.84 Å². The van der Waals surface area contributed by atoms with Gasteiger partial charge in [-0.25, -0.2) is 8.42 Å². The average Bonchev–Trinajstić information content (AvgIpc) is 2.56. The molecule has 5 nitrogen and oxygen atoms in total. The Kier molecular flexibility index (Phi) is 5.14. The summed E-state index contributed by atoms with van der Waals surface area (Å²) in [5.74, 6) is -0.160. The number of nitriles is 1. The minimum Gasteiger partial charge on any atom is -0.326 e. The predicted octanol–water partition coefficient (Wildman–Crippen LogP) is 2.53. The van der Waals surface area contributed by atoms with Crippen LogP contribution in [0.3, 0.4) is 0 Å². The molecule has 6 heteroatoms. The lowest BCUT2D eigenvalue weighted by atomic mass is 10.1. The first-order chi connectivity index (χ1) is 10.9. The number of nitrogens with zero attached hydrogens (tertiary/aromatic N) is 1. The zero-order chi connectivity index (χ0) is 16.9. The fourth-order valence-electron chi connectivity index (χ4n) is 2.00. The Morgan fingerprint density at radius 3 is 2.22 bits per heavy atom. The molecule has 0 saturated carbocycles. The van der Waals surface area contributed by atoms with E-state index >= 15 is 0 Å². The Hall–Kier alpha value is -2.65. The minimum atomic E-state index is -3.23. The molecule has 0 radical (unpaired) electrons. The van der Waals surface area contributed by atoms with Gasteiger partial charge < -0.3 is 5.32 Å². The van der Waals surface area contributed by atoms with Gasteiger partial charge in [0, 0.05) is 5.69 Å². The molecule has 23 heavy (non-hydrogen) atoms. The number of carbonyl (C=O) groups is 1. The Bertz CT molecular complexity index is 833. The van der Waals surface area contributed by atoms with Gasteiger partial charge in [0.05, 0.1) is 28.7 Å². The smallest absolute Gasteiger partial charge is 0.228 e. The molecule has 0 aliphatic heterocycles. The number of sulfone groups is 1. The Morgan fingerprint density at radius 1 is 1.09 bits per heavy atom. The molecule has 1 N–H and O–H groups in total. The zero-order valence-electron chi connectivity index (χ0n) is 12.6. The first kappa shape index (κ1) is 16.7. The van der Waals surface area contributed by atoms with E-state index in [0.29, 0.717) is 11.3 Å². The summed E-state index contributed by atoms with van der Waals surface area (Å²) in [5.41, 5.74) is 1.86. The SMILES string of the molecule is CCS(=O)(=O)c1ccc(CC(=O)Nc2ccc(C#N)cc2)cc1. The number of anilines is 1. The van der Waals surface area contributed by atoms with Crippen molar-refractivity contribution in [2.45, 2.75) is 18.2 Å². The van der Waals surface area contributed by atoms with E-state index in [4.69, 9.17) is 5.26 Å². The summed E-state index contributed by atoms with van der Waals surface area (Å²) < 4.78 is 23.5. The molecular formula is C17H16N2O3S. The number of amides is 1. The van der Waals surface area contributed by atoms with Crippen molar-refractivity contribution in [2.24, 2.45) is 0 Å². The van der Waals surface area contributed by atoms with Crippen LogP contribution >= 0.6 is 0 Å². The number of nitrogens with one attached hydrogen (secondary N) is 1. The normalized spacial score (nSPS) is 10.8. The molecular weight excluding hydrogens is 312 g/mol. The number of rotatable bonds is 5. The molecule has 118 valence electrons. The fraction of sp³-hybridized carbons (Fsp3) is 0.176. The van der Waals surface area contributed by atoms with Gasteiger partial charge in [0.1, 0.15) is 0 Å². The van der Waals surface area contributed by atoms with Crippen molar-refractivity contribution in [3.05, 3.63) is 59.7 Å². The molecule has 0 bridgehead atoms. The molecule has 0 spiro atoms. The second-order valence-electron chi connectivity index (χ2n) is 4.96. The lowest BCUT2D eigenvalue weighted by Crippen LogP contribution is -2.14. The van der Waals surface area contributed by atoms with E-state index in [9.17, 15) is 13.2 Å². The van der Waals surface area contributed by atoms with Gasteiger partial charge in [0.15, 0.2) is 9.84 Å². The van der Waals surface area contributed by atoms with Crippen LogP contribution in [0.2, 0.25) is 0 Å². The van der Waals surface area contributed by atoms with E-state index in [0.717, 1.165) is 5.56 Å². The van der Waals surface area contributed by atoms with Crippen LogP contribution in [0.5, 0.6) is 0 Å². The van der Waals surface area contributed by atoms with E-state index in [2.05, 4.69) is 5.32 Å². The van der Waals surface area contributed by atoms with Crippen molar-refractivity contribution in [1.82, 2.24) is 0 Å². The summed E-state index contributed by atoms with van der Waals surface area (Å²) in [6.07, 6.45) is 0.145. The largest absolute Gasteiger partial charge is 0.326 e. The lowest BCUT2D eigenvalue weighted by Gasteiger charge is -2.06. The quantitative estimate of drug-likeness (QED) is 0.913. The molecule has 0 heterocycles. The summed E-state index contributed by atoms with van der Waals surface area (Å²) >= 11 is 0. The average molecular weight is 328 g/mol. The maximum Gasteiger partial charge on any atom is 0.228 e. The highest BCUT2D eigenvalue weighted by Gasteiger charge is 2.11. The minimum absolute atomic E-state index is 0.0471. The van der Waals surface area contributed by atoms with Gasteiger partial charge in [0.2, 0.25) is 5.91 Å². The van der Waals surface area contributed by atoms with Gasteiger partial charge in [-0.3, -0.25) is 4.79 Å². The van der Waals surface area contributed by atoms with Crippen LogP contribution in [0.15, 0.2) is 53.4 Å². The van der Waals surface area contributed by atoms with Gasteiger partial charge in [-0.15, -0.1) is 0 Å². The molecule has 2 aromatic carbocycles. The Morgan fingerprint density at radius 2 is 1.70 bits per heavy atom. The van der Waals surface area contributed by atoms with Gasteiger partial charge in [-0.1, -0.05) is 19.1 Å². The first-order valence-electron chi connectivity index (χ1n) is 7.06. The molecule has 0 atom stereocenters. The molecule has 1 amide bonds. The number of hydrogen-bond acceptors (Lipinski definition) is 4. The van der Waals surface area contributed by atoms with Crippen molar-refractivity contribution >= 4 is 21.4 Å². The van der Waals surface area contributed by atoms with Crippen LogP contribution < -0.4 is 5.32 Å². The maximum atomic E-state index is 12.0. The molecule has 0 aliphatic rings. The summed E-state index contributed by atoms with van der Waals surface area (Å²) in [7, 11) is -3.23. The fourth-order valence-corrected chi connectivity index (χ4v) is 2.88. The van der Waals surface area contributed by atoms with Crippen molar-refractivity contribution in [2.75, 3.05) is 11.1 Å². The second kappa shape index (κ2) is 7.07. The third-order valence-corrected chi connectivity index (χ3v) is 5.08. The van der Waals surface area contributed by atoms with E-state index in [1.165, 1.54) is 12.1 Å². The van der Waals surface area contributed by atoms with E-state index in [1.54, 1.807) is 43.3 Å². The zero-order valence-corrected chi connectivity index (χ0v) is 13.4. The third kappa shape index (κ3) is 4.41. The second-order valence-corrected chi connectivity index (χ2v) is 7.24. The molecule has 2 aromatic rings. The van der Waals surface area contributed by atoms with Crippen LogP contribution in [0.25, 0.3) is 0 Å². The molecule has 0 fully saturated rings. The van der Waals surface area contributed by atoms with Crippen LogP contribution in [0, 0.1) is 11.3 Å². The summed E-state index contributed by atoms with van der Waals surface area (Å²) in [5, 5.41) is 11.5. The summed E-state index contributed by atoms with van der Waals surface area (Å²) in [6.45, 7) is 1.59. The molecule has 0 aromatic heterocycles. The summed E-state index contributed by atoms with van der Waals surface area (Å²) in [6, 6.07) is 14.9. The monoisotopic (exact) mass is 328 g/mol. The number of hydrogen-bond donors (Lipinski definition) is 1. The third-order valence-electron chi connectivity index (χ3n) is 3.32. The number of benzene rings is 2. The highest BCUT2D eigenvalue weighted by atomic mass is 32.2. The van der Waals surface area contributed by atoms with E-state index in [-0.39, 0.29) is 23.0 Å². The van der Waals surface area contributed by atoms with Crippen molar-refractivity contribution in [1.29, 1.82) is 5.26 Å². The topological polar surface area (TPSA) is 87.0 Å². The van der Waals surface area contributed by atoms with Crippen molar-refractivity contribution in [3.8, 4) is 6.07 Å². The highest BCUT2D eigenvalue weighted by molar-refractivity contribution is 7.91. The van der Waals surface area contributed by atoms with Crippen LogP contribution in [0.1, 0.15) is 18.1 Å². The summed E-state index contributed by atoms with van der Waals surface area (Å²) in [4.78, 5) is 12.2. The van der Waals surface area contributed by atoms with Gasteiger partial charge >= 0.3 is 0 Å². The van der Waals surface area contributed by atoms with Crippen LogP contribution in [-0.2, 0) is 21.1 Å². The van der Waals surface area contributed by atoms with Gasteiger partial charge in [0.25, 0.3) is 0 Å². The maximum absolute atomic E-state index is 12.0. The van der Waals surface area contributed by atoms with Crippen LogP contribution in [0.4, 0.5) is 5.69 Å². The van der Waals surface area contributed by atoms with Crippen LogP contribution in [-0.4, -0.2) is 20.1 Å². The standard InChI is InChI=1S/C17H16N2O3S/c1-2-23(21,22)16-9-5-13(6-10-16)11-17(20)19-15-7-3-14(12-18)4-8-15/h3-10H,2,11H2,1H3,(H,19,20).